The molecule has 2 heterocycles. The van der Waals surface area contributed by atoms with Crippen LogP contribution in [0.1, 0.15) is 0 Å². The summed E-state index contributed by atoms with van der Waals surface area (Å²) in [5.74, 6) is 1.95. The summed E-state index contributed by atoms with van der Waals surface area (Å²) in [6.45, 7) is 0. The largest absolute Gasteiger partial charge is 0.458 e. The van der Waals surface area contributed by atoms with Crippen LogP contribution >= 0.6 is 0 Å². The number of nitrogens with zero attached hydrogens (tertiary/aromatic N) is 1. The van der Waals surface area contributed by atoms with E-state index in [1.807, 2.05) is 0 Å². The van der Waals surface area contributed by atoms with Gasteiger partial charge in [0.1, 0.15) is 20.3 Å². The van der Waals surface area contributed by atoms with E-state index in [4.69, 9.17) is 4.74 Å². The molecule has 0 saturated carbocycles. The Hall–Kier alpha value is -6.99. The molecule has 274 valence electrons. The van der Waals surface area contributed by atoms with Crippen LogP contribution in [0.4, 0.5) is 17.1 Å². The molecule has 11 rings (SSSR count). The van der Waals surface area contributed by atoms with E-state index in [-0.39, 0.29) is 0 Å². The van der Waals surface area contributed by atoms with E-state index < -0.39 is 16.9 Å². The molecule has 0 aliphatic carbocycles. The summed E-state index contributed by atoms with van der Waals surface area (Å²) in [6.07, 6.45) is 0. The van der Waals surface area contributed by atoms with Crippen LogP contribution in [0.25, 0.3) is 22.3 Å². The molecule has 0 N–H and O–H groups in total. The van der Waals surface area contributed by atoms with Gasteiger partial charge in [-0.05, 0) is 91.5 Å². The van der Waals surface area contributed by atoms with Gasteiger partial charge in [0, 0.05) is 17.1 Å². The van der Waals surface area contributed by atoms with E-state index >= 15 is 0 Å². The van der Waals surface area contributed by atoms with Crippen LogP contribution in [-0.4, -0.2) is 16.9 Å². The van der Waals surface area contributed by atoms with Crippen LogP contribution in [0, 0.1) is 0 Å². The summed E-state index contributed by atoms with van der Waals surface area (Å²) in [5, 5.41) is 10.1. The summed E-state index contributed by atoms with van der Waals surface area (Å²) in [5.41, 5.74) is 8.21. The highest BCUT2D eigenvalue weighted by Crippen LogP contribution is 2.37. The fraction of sp³-hybridized carbons (Fsp3) is 0. The second-order valence-corrected chi connectivity index (χ2v) is 21.6. The van der Waals surface area contributed by atoms with Crippen LogP contribution < -0.4 is 45.9 Å². The third-order valence-corrected chi connectivity index (χ3v) is 20.9. The molecule has 1 unspecified atom stereocenters. The summed E-state index contributed by atoms with van der Waals surface area (Å²) in [6, 6.07) is 85.0. The van der Waals surface area contributed by atoms with Crippen molar-refractivity contribution in [2.45, 2.75) is 0 Å². The molecule has 0 amide bonds. The molecule has 2 nitrogen and oxygen atoms in total. The van der Waals surface area contributed by atoms with Crippen molar-refractivity contribution in [3.63, 3.8) is 0 Å². The van der Waals surface area contributed by atoms with Gasteiger partial charge in [0.15, 0.2) is 8.07 Å². The third kappa shape index (κ3) is 5.52. The van der Waals surface area contributed by atoms with Crippen LogP contribution in [0.3, 0.4) is 0 Å². The maximum Gasteiger partial charge on any atom is 0.188 e. The molecule has 0 fully saturated rings. The molecule has 58 heavy (non-hydrogen) atoms. The minimum Gasteiger partial charge on any atom is -0.458 e. The summed E-state index contributed by atoms with van der Waals surface area (Å²) < 4.78 is 6.74. The highest BCUT2D eigenvalue weighted by molar-refractivity contribution is 7.27. The lowest BCUT2D eigenvalue weighted by Gasteiger charge is -2.46. The maximum atomic E-state index is 6.74. The second-order valence-electron chi connectivity index (χ2n) is 15.2. The Morgan fingerprint density at radius 3 is 1.38 bits per heavy atom. The first-order valence-electron chi connectivity index (χ1n) is 20.0. The number of para-hydroxylation sites is 3. The Kier molecular flexibility index (Phi) is 8.39. The molecule has 0 saturated heterocycles. The van der Waals surface area contributed by atoms with Crippen LogP contribution in [-0.2, 0) is 0 Å². The van der Waals surface area contributed by atoms with Gasteiger partial charge in [-0.25, -0.2) is 0 Å². The standard InChI is InChI=1S/C54H39NOSi2/c1-4-16-39(17-5-1)40-28-33-44(34-29-40)55(43-18-6-2-7-19-43)45-35-30-41(31-36-45)42-32-37-50-54(38-42)58(51-25-13-10-22-47(51)56-48-23-11-14-26-52(48)58)53-27-15-12-24-49(53)57(50)46-20-8-3-9-21-46/h1-38,57H. The number of ether oxygens (including phenoxy) is 1. The van der Waals surface area contributed by atoms with Crippen molar-refractivity contribution in [3.8, 4) is 33.8 Å². The molecule has 1 atom stereocenters. The average molecular weight is 774 g/mol. The molecule has 4 heteroatoms. The molecule has 2 aliphatic heterocycles. The zero-order chi connectivity index (χ0) is 38.5. The van der Waals surface area contributed by atoms with E-state index in [1.165, 1.54) is 58.6 Å². The zero-order valence-electron chi connectivity index (χ0n) is 31.9. The van der Waals surface area contributed by atoms with Gasteiger partial charge in [-0.15, -0.1) is 0 Å². The predicted molar refractivity (Wildman–Crippen MR) is 248 cm³/mol. The molecule has 1 spiro atoms. The molecule has 0 aromatic heterocycles. The highest BCUT2D eigenvalue weighted by Gasteiger charge is 2.53. The van der Waals surface area contributed by atoms with E-state index in [9.17, 15) is 0 Å². The SMILES string of the molecule is c1ccc(-c2ccc(N(c3ccccc3)c3ccc(-c4ccc5c(c4)[Si]4(c6ccccc6Oc6ccccc64)c4ccccc4[SiH]5c4ccccc4)cc3)cc2)cc1. The van der Waals surface area contributed by atoms with Crippen molar-refractivity contribution >= 4 is 70.2 Å². The van der Waals surface area contributed by atoms with Crippen molar-refractivity contribution < 1.29 is 4.74 Å². The van der Waals surface area contributed by atoms with Gasteiger partial charge < -0.3 is 9.64 Å². The van der Waals surface area contributed by atoms with E-state index in [1.54, 1.807) is 0 Å². The first-order valence-corrected chi connectivity index (χ1v) is 23.8. The van der Waals surface area contributed by atoms with Crippen LogP contribution in [0.15, 0.2) is 231 Å². The van der Waals surface area contributed by atoms with Gasteiger partial charge in [-0.2, -0.15) is 0 Å². The van der Waals surface area contributed by atoms with Crippen molar-refractivity contribution in [2.75, 3.05) is 4.90 Å². The normalized spacial score (nSPS) is 14.3. The lowest BCUT2D eigenvalue weighted by atomic mass is 10.0. The third-order valence-electron chi connectivity index (χ3n) is 12.1. The highest BCUT2D eigenvalue weighted by atomic mass is 28.3. The topological polar surface area (TPSA) is 12.5 Å². The quantitative estimate of drug-likeness (QED) is 0.157. The maximum absolute atomic E-state index is 6.74. The number of fused-ring (bicyclic) bond motifs is 8. The van der Waals surface area contributed by atoms with Crippen LogP contribution in [0.5, 0.6) is 11.5 Å². The van der Waals surface area contributed by atoms with E-state index in [0.29, 0.717) is 0 Å². The van der Waals surface area contributed by atoms with Gasteiger partial charge >= 0.3 is 0 Å². The van der Waals surface area contributed by atoms with E-state index in [2.05, 4.69) is 235 Å². The van der Waals surface area contributed by atoms with Crippen molar-refractivity contribution in [1.29, 1.82) is 0 Å². The Morgan fingerprint density at radius 2 is 0.759 bits per heavy atom. The summed E-state index contributed by atoms with van der Waals surface area (Å²) in [7, 11) is -4.68. The molecule has 0 bridgehead atoms. The first kappa shape index (κ1) is 34.3. The number of rotatable bonds is 6. The number of hydrogen-bond acceptors (Lipinski definition) is 2. The van der Waals surface area contributed by atoms with Crippen molar-refractivity contribution in [2.24, 2.45) is 0 Å². The second kappa shape index (κ2) is 14.2. The van der Waals surface area contributed by atoms with Gasteiger partial charge in [0.25, 0.3) is 0 Å². The summed E-state index contributed by atoms with van der Waals surface area (Å²) >= 11 is 0. The lowest BCUT2D eigenvalue weighted by Crippen LogP contribution is -2.87. The first-order chi connectivity index (χ1) is 28.8. The van der Waals surface area contributed by atoms with Crippen molar-refractivity contribution in [3.05, 3.63) is 231 Å². The zero-order valence-corrected chi connectivity index (χ0v) is 34.0. The van der Waals surface area contributed by atoms with Gasteiger partial charge in [-0.3, -0.25) is 0 Å². The molecular formula is C54H39NOSi2. The van der Waals surface area contributed by atoms with Gasteiger partial charge in [0.05, 0.1) is 0 Å². The molecule has 0 radical (unpaired) electrons. The number of hydrogen-bond donors (Lipinski definition) is 0. The molecular weight excluding hydrogens is 735 g/mol. The molecule has 9 aromatic carbocycles. The fourth-order valence-corrected chi connectivity index (χ4v) is 20.0. The van der Waals surface area contributed by atoms with Crippen LogP contribution in [0.2, 0.25) is 0 Å². The Bertz CT molecular complexity index is 2870. The number of benzene rings is 9. The van der Waals surface area contributed by atoms with Crippen molar-refractivity contribution in [1.82, 2.24) is 0 Å². The lowest BCUT2D eigenvalue weighted by molar-refractivity contribution is 0.487. The smallest absolute Gasteiger partial charge is 0.188 e. The fourth-order valence-electron chi connectivity index (χ4n) is 9.56. The Labute approximate surface area is 342 Å². The van der Waals surface area contributed by atoms with Gasteiger partial charge in [0.2, 0.25) is 0 Å². The molecule has 2 aliphatic rings. The Balaban J connectivity index is 1.08. The minimum absolute atomic E-state index is 0.973. The summed E-state index contributed by atoms with van der Waals surface area (Å²) in [4.78, 5) is 2.34. The average Bonchev–Trinajstić information content (AvgIpc) is 3.30. The monoisotopic (exact) mass is 773 g/mol. The molecule has 9 aromatic rings. The number of anilines is 3. The predicted octanol–water partition coefficient (Wildman–Crippen LogP) is 8.54. The van der Waals surface area contributed by atoms with E-state index in [0.717, 1.165) is 28.6 Å². The minimum atomic E-state index is -2.84. The Morgan fingerprint density at radius 1 is 0.328 bits per heavy atom. The van der Waals surface area contributed by atoms with Gasteiger partial charge in [-0.1, -0.05) is 198 Å².